The molecule has 4 aliphatic carbocycles. The van der Waals surface area contributed by atoms with Gasteiger partial charge in [0.15, 0.2) is 5.78 Å². The van der Waals surface area contributed by atoms with Crippen LogP contribution in [0.4, 0.5) is 0 Å². The first-order valence-corrected chi connectivity index (χ1v) is 10.6. The first kappa shape index (κ1) is 17.3. The van der Waals surface area contributed by atoms with Gasteiger partial charge in [-0.05, 0) is 93.0 Å². The lowest BCUT2D eigenvalue weighted by molar-refractivity contribution is -0.116. The monoisotopic (exact) mass is 339 g/mol. The van der Waals surface area contributed by atoms with Gasteiger partial charge >= 0.3 is 0 Å². The van der Waals surface area contributed by atoms with E-state index in [4.69, 9.17) is 0 Å². The second kappa shape index (κ2) is 5.97. The van der Waals surface area contributed by atoms with Gasteiger partial charge in [-0.3, -0.25) is 4.79 Å². The van der Waals surface area contributed by atoms with Crippen molar-refractivity contribution in [1.29, 1.82) is 5.26 Å². The second-order valence-electron chi connectivity index (χ2n) is 9.58. The Morgan fingerprint density at radius 1 is 1.24 bits per heavy atom. The molecule has 0 aromatic heterocycles. The van der Waals surface area contributed by atoms with Gasteiger partial charge in [0.05, 0.1) is 11.5 Å². The Kier molecular flexibility index (Phi) is 4.13. The molecule has 0 unspecified atom stereocenters. The topological polar surface area (TPSA) is 40.9 Å². The normalized spacial score (nSPS) is 48.8. The number of hydrogen-bond donors (Lipinski definition) is 0. The van der Waals surface area contributed by atoms with E-state index in [1.165, 1.54) is 31.3 Å². The highest BCUT2D eigenvalue weighted by Gasteiger charge is 2.63. The summed E-state index contributed by atoms with van der Waals surface area (Å²) in [6.45, 7) is 6.93. The molecule has 3 saturated carbocycles. The number of hydrogen-bond acceptors (Lipinski definition) is 2. The van der Waals surface area contributed by atoms with Crippen molar-refractivity contribution in [2.24, 2.45) is 40.4 Å². The quantitative estimate of drug-likeness (QED) is 0.649. The van der Waals surface area contributed by atoms with Gasteiger partial charge in [0.25, 0.3) is 0 Å². The fourth-order valence-electron chi connectivity index (χ4n) is 7.88. The molecular weight excluding hydrogens is 306 g/mol. The van der Waals surface area contributed by atoms with Gasteiger partial charge in [0.1, 0.15) is 0 Å². The van der Waals surface area contributed by atoms with Crippen LogP contribution in [0.2, 0.25) is 0 Å². The Morgan fingerprint density at radius 3 is 2.72 bits per heavy atom. The number of fused-ring (bicyclic) bond motifs is 5. The summed E-state index contributed by atoms with van der Waals surface area (Å²) in [4.78, 5) is 12.0. The summed E-state index contributed by atoms with van der Waals surface area (Å²) in [7, 11) is 0. The molecule has 0 N–H and O–H groups in total. The Morgan fingerprint density at radius 2 is 2.04 bits per heavy atom. The van der Waals surface area contributed by atoms with Crippen LogP contribution in [0.25, 0.3) is 0 Å². The lowest BCUT2D eigenvalue weighted by atomic mass is 9.45. The van der Waals surface area contributed by atoms with Crippen LogP contribution in [0.3, 0.4) is 0 Å². The van der Waals surface area contributed by atoms with E-state index in [0.717, 1.165) is 55.8 Å². The number of allylic oxidation sites excluding steroid dienone is 1. The molecule has 2 heteroatoms. The highest BCUT2D eigenvalue weighted by Crippen LogP contribution is 2.70. The zero-order valence-electron chi connectivity index (χ0n) is 16.2. The number of carbonyl (C=O) groups excluding carboxylic acids is 1. The van der Waals surface area contributed by atoms with Crippen LogP contribution in [0.15, 0.2) is 11.6 Å². The number of carbonyl (C=O) groups is 1. The van der Waals surface area contributed by atoms with Crippen molar-refractivity contribution in [2.75, 3.05) is 0 Å². The zero-order chi connectivity index (χ0) is 17.8. The van der Waals surface area contributed by atoms with E-state index in [1.54, 1.807) is 0 Å². The molecule has 3 fully saturated rings. The molecule has 0 aromatic rings. The molecule has 0 aliphatic heterocycles. The van der Waals surface area contributed by atoms with Crippen molar-refractivity contribution in [3.8, 4) is 6.07 Å². The highest BCUT2D eigenvalue weighted by atomic mass is 16.1. The molecule has 7 atom stereocenters. The van der Waals surface area contributed by atoms with Gasteiger partial charge in [-0.2, -0.15) is 5.26 Å². The molecule has 0 bridgehead atoms. The third-order valence-electron chi connectivity index (χ3n) is 9.13. The minimum atomic E-state index is -0.131. The summed E-state index contributed by atoms with van der Waals surface area (Å²) in [5, 5.41) is 10.00. The number of rotatable bonds is 2. The first-order valence-electron chi connectivity index (χ1n) is 10.6. The highest BCUT2D eigenvalue weighted by molar-refractivity contribution is 5.91. The van der Waals surface area contributed by atoms with E-state index in [9.17, 15) is 10.1 Å². The SMILES string of the molecule is CC[C@H]1CC2=CC(=O)CC[C@@H]2[C@H]2CC[C@@]3(CC)[C@@H](CC[C@]3(C)C#N)[C@H]12. The average Bonchev–Trinajstić information content (AvgIpc) is 2.94. The molecule has 2 nitrogen and oxygen atoms in total. The lowest BCUT2D eigenvalue weighted by Crippen LogP contribution is -2.52. The van der Waals surface area contributed by atoms with Gasteiger partial charge < -0.3 is 0 Å². The van der Waals surface area contributed by atoms with Crippen molar-refractivity contribution >= 4 is 5.78 Å². The van der Waals surface area contributed by atoms with Crippen LogP contribution >= 0.6 is 0 Å². The molecule has 25 heavy (non-hydrogen) atoms. The maximum atomic E-state index is 12.0. The van der Waals surface area contributed by atoms with Gasteiger partial charge in [0, 0.05) is 6.42 Å². The Bertz CT molecular complexity index is 643. The molecule has 0 radical (unpaired) electrons. The van der Waals surface area contributed by atoms with Crippen LogP contribution in [-0.4, -0.2) is 5.78 Å². The summed E-state index contributed by atoms with van der Waals surface area (Å²) in [6.07, 6.45) is 12.2. The number of ketones is 1. The van der Waals surface area contributed by atoms with Crippen molar-refractivity contribution in [1.82, 2.24) is 0 Å². The van der Waals surface area contributed by atoms with Crippen LogP contribution in [0.1, 0.15) is 78.6 Å². The van der Waals surface area contributed by atoms with Crippen molar-refractivity contribution in [3.63, 3.8) is 0 Å². The van der Waals surface area contributed by atoms with E-state index in [1.807, 2.05) is 6.08 Å². The third kappa shape index (κ3) is 2.23. The van der Waals surface area contributed by atoms with E-state index >= 15 is 0 Å². The van der Waals surface area contributed by atoms with E-state index in [2.05, 4.69) is 26.8 Å². The molecule has 0 saturated heterocycles. The van der Waals surface area contributed by atoms with Gasteiger partial charge in [0.2, 0.25) is 0 Å². The molecule has 0 aromatic carbocycles. The molecule has 0 amide bonds. The first-order chi connectivity index (χ1) is 12.0. The predicted molar refractivity (Wildman–Crippen MR) is 99.6 cm³/mol. The maximum Gasteiger partial charge on any atom is 0.155 e. The van der Waals surface area contributed by atoms with Crippen molar-refractivity contribution in [3.05, 3.63) is 11.6 Å². The minimum Gasteiger partial charge on any atom is -0.295 e. The summed E-state index contributed by atoms with van der Waals surface area (Å²) in [6, 6.07) is 2.77. The van der Waals surface area contributed by atoms with E-state index < -0.39 is 0 Å². The van der Waals surface area contributed by atoms with E-state index in [0.29, 0.717) is 11.7 Å². The summed E-state index contributed by atoms with van der Waals surface area (Å²) in [5.74, 6) is 4.01. The Hall–Kier alpha value is -1.10. The van der Waals surface area contributed by atoms with Gasteiger partial charge in [-0.15, -0.1) is 0 Å². The third-order valence-corrected chi connectivity index (χ3v) is 9.13. The van der Waals surface area contributed by atoms with Crippen molar-refractivity contribution < 1.29 is 4.79 Å². The van der Waals surface area contributed by atoms with Crippen molar-refractivity contribution in [2.45, 2.75) is 78.6 Å². The molecular formula is C23H33NO. The van der Waals surface area contributed by atoms with E-state index in [-0.39, 0.29) is 10.8 Å². The Balaban J connectivity index is 1.74. The average molecular weight is 340 g/mol. The van der Waals surface area contributed by atoms with Crippen LogP contribution < -0.4 is 0 Å². The van der Waals surface area contributed by atoms with Crippen LogP contribution in [0.5, 0.6) is 0 Å². The summed E-state index contributed by atoms with van der Waals surface area (Å²) in [5.41, 5.74) is 1.59. The van der Waals surface area contributed by atoms with Crippen LogP contribution in [-0.2, 0) is 4.79 Å². The number of nitrogens with zero attached hydrogens (tertiary/aromatic N) is 1. The maximum absolute atomic E-state index is 12.0. The van der Waals surface area contributed by atoms with Gasteiger partial charge in [-0.1, -0.05) is 25.8 Å². The van der Waals surface area contributed by atoms with Gasteiger partial charge in [-0.25, -0.2) is 0 Å². The standard InChI is InChI=1S/C23H33NO/c1-4-15-12-16-13-17(25)6-7-18(16)19-8-11-23(5-2)20(21(15)19)9-10-22(23,3)14-24/h13,15,18-21H,4-12H2,1-3H3/t15-,18-,19+,20-,21+,22+,23-/m0/s1. The number of nitriles is 1. The summed E-state index contributed by atoms with van der Waals surface area (Å²) >= 11 is 0. The Labute approximate surface area is 153 Å². The predicted octanol–water partition coefficient (Wildman–Crippen LogP) is 5.68. The lowest BCUT2D eigenvalue weighted by Gasteiger charge is -2.58. The fourth-order valence-corrected chi connectivity index (χ4v) is 7.88. The zero-order valence-corrected chi connectivity index (χ0v) is 16.2. The molecule has 4 rings (SSSR count). The molecule has 0 spiro atoms. The molecule has 0 heterocycles. The fraction of sp³-hybridized carbons (Fsp3) is 0.826. The molecule has 4 aliphatic rings. The molecule has 136 valence electrons. The smallest absolute Gasteiger partial charge is 0.155 e. The second-order valence-corrected chi connectivity index (χ2v) is 9.58. The minimum absolute atomic E-state index is 0.131. The summed E-state index contributed by atoms with van der Waals surface area (Å²) < 4.78 is 0. The van der Waals surface area contributed by atoms with Crippen LogP contribution in [0, 0.1) is 51.8 Å². The largest absolute Gasteiger partial charge is 0.295 e.